The fourth-order valence-corrected chi connectivity index (χ4v) is 12.7. The molecule has 376 valence electrons. The highest BCUT2D eigenvalue weighted by atomic mass is 35.5. The van der Waals surface area contributed by atoms with Gasteiger partial charge in [-0.25, -0.2) is 23.2 Å². The molecule has 4 saturated heterocycles. The second-order valence-corrected chi connectivity index (χ2v) is 23.7. The van der Waals surface area contributed by atoms with Crippen LogP contribution in [0.25, 0.3) is 21.6 Å². The Morgan fingerprint density at radius 2 is 1.75 bits per heavy atom. The number of piperazine rings is 1. The first kappa shape index (κ1) is 49.6. The number of carbonyl (C=O) groups excluding carboxylic acids is 4. The molecule has 0 bridgehead atoms. The number of morpholine rings is 1. The Morgan fingerprint density at radius 3 is 2.41 bits per heavy atom. The minimum absolute atomic E-state index is 0.0237. The van der Waals surface area contributed by atoms with E-state index in [9.17, 15) is 22.8 Å². The summed E-state index contributed by atoms with van der Waals surface area (Å²) in [6, 6.07) is 2.38. The van der Waals surface area contributed by atoms with Gasteiger partial charge in [0.25, 0.3) is 5.91 Å². The van der Waals surface area contributed by atoms with Crippen LogP contribution in [0, 0.1) is 11.8 Å². The maximum atomic E-state index is 15.4. The average Bonchev–Trinajstić information content (AvgIpc) is 4.21. The second kappa shape index (κ2) is 19.7. The fourth-order valence-electron chi connectivity index (χ4n) is 10.1. The van der Waals surface area contributed by atoms with Crippen LogP contribution in [0.15, 0.2) is 23.6 Å². The van der Waals surface area contributed by atoms with Crippen molar-refractivity contribution in [2.45, 2.75) is 133 Å². The lowest BCUT2D eigenvalue weighted by atomic mass is 9.87. The number of amides is 4. The monoisotopic (exact) mass is 1010 g/mol. The summed E-state index contributed by atoms with van der Waals surface area (Å²) in [7, 11) is -3.92. The zero-order chi connectivity index (χ0) is 49.0. The predicted octanol–water partition coefficient (Wildman–Crippen LogP) is 5.50. The van der Waals surface area contributed by atoms with E-state index in [0.717, 1.165) is 18.8 Å². The maximum Gasteiger partial charge on any atom is 0.411 e. The van der Waals surface area contributed by atoms with Crippen molar-refractivity contribution >= 4 is 67.7 Å². The van der Waals surface area contributed by atoms with Gasteiger partial charge in [-0.1, -0.05) is 38.8 Å². The Labute approximate surface area is 412 Å². The molecule has 2 N–H and O–H groups in total. The summed E-state index contributed by atoms with van der Waals surface area (Å²) in [4.78, 5) is 73.8. The topological polar surface area (TPSA) is 208 Å². The number of benzene rings is 1. The van der Waals surface area contributed by atoms with Crippen molar-refractivity contribution in [1.29, 1.82) is 0 Å². The van der Waals surface area contributed by atoms with E-state index >= 15 is 4.79 Å². The van der Waals surface area contributed by atoms with Crippen molar-refractivity contribution in [1.82, 2.24) is 34.7 Å². The molecule has 6 aliphatic rings. The lowest BCUT2D eigenvalue weighted by Gasteiger charge is -2.48. The molecule has 0 unspecified atom stereocenters. The molecule has 21 heteroatoms. The van der Waals surface area contributed by atoms with E-state index in [1.807, 2.05) is 18.4 Å². The van der Waals surface area contributed by atoms with E-state index in [0.29, 0.717) is 105 Å². The highest BCUT2D eigenvalue weighted by Gasteiger charge is 2.64. The van der Waals surface area contributed by atoms with Gasteiger partial charge in [0.1, 0.15) is 63.2 Å². The molecule has 6 atom stereocenters. The van der Waals surface area contributed by atoms with Crippen LogP contribution in [0.4, 0.5) is 4.79 Å². The first-order chi connectivity index (χ1) is 32.9. The fraction of sp³-hybridized carbons (Fsp3) is 0.667. The van der Waals surface area contributed by atoms with Crippen LogP contribution < -0.4 is 19.5 Å². The Morgan fingerprint density at radius 1 is 1.03 bits per heavy atom. The summed E-state index contributed by atoms with van der Waals surface area (Å²) in [5.41, 5.74) is -0.572. The summed E-state index contributed by atoms with van der Waals surface area (Å²) in [6.45, 7) is 16.1. The molecular formula is C48H64ClN7O11S2. The van der Waals surface area contributed by atoms with Crippen LogP contribution in [-0.4, -0.2) is 157 Å². The highest BCUT2D eigenvalue weighted by molar-refractivity contribution is 7.91. The number of pyridine rings is 1. The Bertz CT molecular complexity index is 2560. The van der Waals surface area contributed by atoms with Crippen molar-refractivity contribution in [2.24, 2.45) is 11.8 Å². The van der Waals surface area contributed by atoms with Crippen LogP contribution in [0.1, 0.15) is 98.1 Å². The van der Waals surface area contributed by atoms with Gasteiger partial charge in [0.05, 0.1) is 35.7 Å². The zero-order valence-electron chi connectivity index (χ0n) is 40.2. The Hall–Kier alpha value is -4.34. The number of carbonyl (C=O) groups is 4. The van der Waals surface area contributed by atoms with Gasteiger partial charge >= 0.3 is 6.09 Å². The number of rotatable bonds is 15. The number of nitrogens with zero attached hydrogens (tertiary/aromatic N) is 5. The van der Waals surface area contributed by atoms with Crippen LogP contribution in [-0.2, 0) is 38.6 Å². The molecule has 0 spiro atoms. The summed E-state index contributed by atoms with van der Waals surface area (Å²) in [5.74, 6) is -1.50. The molecular weight excluding hydrogens is 950 g/mol. The van der Waals surface area contributed by atoms with Crippen LogP contribution in [0.2, 0.25) is 5.02 Å². The van der Waals surface area contributed by atoms with Crippen LogP contribution >= 0.6 is 22.9 Å². The average molecular weight is 1010 g/mol. The van der Waals surface area contributed by atoms with Gasteiger partial charge in [-0.05, 0) is 82.8 Å². The summed E-state index contributed by atoms with van der Waals surface area (Å²) in [5, 5.41) is 5.77. The van der Waals surface area contributed by atoms with Crippen LogP contribution in [0.3, 0.4) is 0 Å². The summed E-state index contributed by atoms with van der Waals surface area (Å²) >= 11 is 8.63. The Kier molecular flexibility index (Phi) is 14.2. The molecule has 2 aromatic heterocycles. The second-order valence-electron chi connectivity index (χ2n) is 20.5. The minimum atomic E-state index is -3.92. The third kappa shape index (κ3) is 10.4. The number of aromatic nitrogens is 2. The number of hydrogen-bond donors (Lipinski definition) is 2. The number of hydrogen-bond acceptors (Lipinski definition) is 15. The Balaban J connectivity index is 1.09. The largest absolute Gasteiger partial charge is 0.491 e. The highest BCUT2D eigenvalue weighted by Crippen LogP contribution is 2.48. The van der Waals surface area contributed by atoms with Crippen molar-refractivity contribution in [3.05, 3.63) is 34.3 Å². The molecule has 4 aliphatic heterocycles. The van der Waals surface area contributed by atoms with Gasteiger partial charge in [0.2, 0.25) is 21.8 Å². The van der Waals surface area contributed by atoms with E-state index in [1.54, 1.807) is 32.9 Å². The van der Waals surface area contributed by atoms with Crippen molar-refractivity contribution < 1.29 is 51.3 Å². The van der Waals surface area contributed by atoms with Crippen molar-refractivity contribution in [2.75, 3.05) is 59.2 Å². The van der Waals surface area contributed by atoms with Gasteiger partial charge in [0, 0.05) is 62.6 Å². The summed E-state index contributed by atoms with van der Waals surface area (Å²) in [6.07, 6.45) is 1.10. The lowest BCUT2D eigenvalue weighted by molar-refractivity contribution is -0.155. The molecule has 0 radical (unpaired) electrons. The van der Waals surface area contributed by atoms with Gasteiger partial charge < -0.3 is 33.9 Å². The third-order valence-corrected chi connectivity index (χ3v) is 17.3. The number of fused-ring (bicyclic) bond motifs is 2. The molecule has 6 heterocycles. The number of thiazole rings is 1. The van der Waals surface area contributed by atoms with Crippen molar-refractivity contribution in [3.63, 3.8) is 0 Å². The molecule has 1 aromatic carbocycles. The first-order valence-corrected chi connectivity index (χ1v) is 27.1. The molecule has 2 saturated carbocycles. The minimum Gasteiger partial charge on any atom is -0.491 e. The van der Waals surface area contributed by atoms with Gasteiger partial charge in [-0.3, -0.25) is 28.9 Å². The van der Waals surface area contributed by atoms with Gasteiger partial charge in [-0.2, -0.15) is 0 Å². The number of nitrogens with one attached hydrogen (secondary N) is 2. The molecule has 9 rings (SSSR count). The number of ether oxygens (including phenoxy) is 5. The van der Waals surface area contributed by atoms with E-state index in [1.165, 1.54) is 21.1 Å². The molecule has 4 amide bonds. The van der Waals surface area contributed by atoms with E-state index in [2.05, 4.69) is 28.8 Å². The van der Waals surface area contributed by atoms with E-state index < -0.39 is 74.5 Å². The maximum absolute atomic E-state index is 15.4. The number of halogens is 1. The normalized spacial score (nSPS) is 26.8. The number of sulfonamides is 1. The van der Waals surface area contributed by atoms with Gasteiger partial charge in [-0.15, -0.1) is 11.3 Å². The molecule has 2 aliphatic carbocycles. The SMILES string of the molecule is CC[C@@H]1C[C@]1(NC(=O)[C@@H]1C[C@@H](Oc2cc(-c3nc(C(C)C)cs3)nc3c(Cl)c(OCCN4CCOCC4)ccc23)[C@H]2CN(C(=O)OC(C)(C)C)[C@H](C3CCOCC3)C(=O)N21)C(=O)NS(=O)(=O)C1CC1. The lowest BCUT2D eigenvalue weighted by Crippen LogP contribution is -2.68. The van der Waals surface area contributed by atoms with Gasteiger partial charge in [0.15, 0.2) is 0 Å². The molecule has 69 heavy (non-hydrogen) atoms. The molecule has 3 aromatic rings. The zero-order valence-corrected chi connectivity index (χ0v) is 42.6. The third-order valence-electron chi connectivity index (χ3n) is 14.2. The summed E-state index contributed by atoms with van der Waals surface area (Å²) < 4.78 is 58.8. The molecule has 18 nitrogen and oxygen atoms in total. The first-order valence-electron chi connectivity index (χ1n) is 24.3. The van der Waals surface area contributed by atoms with Crippen molar-refractivity contribution in [3.8, 4) is 22.2 Å². The quantitative estimate of drug-likeness (QED) is 0.193. The standard InChI is InChI=1S/C48H64ClN7O11S2/c1-7-29-24-48(29,45(59)53-69(61,62)30-8-9-30)52-42(57)34-23-38(35-25-55(46(60)67-47(4,5)6)41(44(58)56(34)35)28-12-17-63-18-13-28)66-37-22-32(43-51-33(26-68-43)27(2)3)50-40-31(37)10-11-36(39(40)49)65-21-16-54-14-19-64-20-15-54/h10-11,22,26-30,34-35,38,41H,7-9,12-21,23-25H2,1-6H3,(H,52,57)(H,53,59)/t29-,34+,35-,38-,41-,48-/m1/s1. The van der Waals surface area contributed by atoms with E-state index in [-0.39, 0.29) is 42.2 Å². The predicted molar refractivity (Wildman–Crippen MR) is 258 cm³/mol. The van der Waals surface area contributed by atoms with E-state index in [4.69, 9.17) is 45.3 Å². The smallest absolute Gasteiger partial charge is 0.411 e. The van der Waals surface area contributed by atoms with Crippen LogP contribution in [0.5, 0.6) is 11.5 Å². The molecule has 6 fully saturated rings.